The molecule has 0 amide bonds. The fraction of sp³-hybridized carbons (Fsp3) is 0.333. The highest BCUT2D eigenvalue weighted by atomic mass is 79.9. The van der Waals surface area contributed by atoms with Gasteiger partial charge in [-0.2, -0.15) is 0 Å². The zero-order valence-electron chi connectivity index (χ0n) is 9.26. The number of anilines is 1. The molecule has 0 aliphatic heterocycles. The second-order valence-electron chi connectivity index (χ2n) is 3.99. The van der Waals surface area contributed by atoms with E-state index in [0.717, 1.165) is 23.2 Å². The van der Waals surface area contributed by atoms with E-state index < -0.39 is 0 Å². The van der Waals surface area contributed by atoms with Crippen LogP contribution < -0.4 is 5.73 Å². The first-order valence-electron chi connectivity index (χ1n) is 4.86. The van der Waals surface area contributed by atoms with E-state index in [1.54, 1.807) is 0 Å². The van der Waals surface area contributed by atoms with Gasteiger partial charge in [-0.25, -0.2) is 0 Å². The van der Waals surface area contributed by atoms with Crippen LogP contribution in [0.4, 0.5) is 5.69 Å². The van der Waals surface area contributed by atoms with Crippen molar-refractivity contribution < 1.29 is 0 Å². The van der Waals surface area contributed by atoms with Crippen molar-refractivity contribution in [2.45, 2.75) is 13.5 Å². The number of hydrogen-bond acceptors (Lipinski definition) is 2. The molecule has 82 valence electrons. The molecule has 0 fully saturated rings. The van der Waals surface area contributed by atoms with Crippen molar-refractivity contribution >= 4 is 21.6 Å². The van der Waals surface area contributed by atoms with Crippen molar-refractivity contribution in [1.29, 1.82) is 0 Å². The third-order valence-corrected chi connectivity index (χ3v) is 2.74. The number of nitrogens with zero attached hydrogens (tertiary/aromatic N) is 1. The lowest BCUT2D eigenvalue weighted by atomic mass is 10.2. The third kappa shape index (κ3) is 4.06. The molecule has 0 saturated heterocycles. The number of benzene rings is 1. The van der Waals surface area contributed by atoms with Crippen molar-refractivity contribution in [2.75, 3.05) is 19.3 Å². The third-order valence-electron chi connectivity index (χ3n) is 2.06. The minimum absolute atomic E-state index is 0.779. The summed E-state index contributed by atoms with van der Waals surface area (Å²) in [6.07, 6.45) is 0. The van der Waals surface area contributed by atoms with Crippen LogP contribution in [0.1, 0.15) is 12.5 Å². The van der Waals surface area contributed by atoms with Crippen molar-refractivity contribution in [2.24, 2.45) is 0 Å². The number of rotatable bonds is 4. The van der Waals surface area contributed by atoms with Crippen molar-refractivity contribution in [3.63, 3.8) is 0 Å². The van der Waals surface area contributed by atoms with Crippen LogP contribution in [0, 0.1) is 0 Å². The summed E-state index contributed by atoms with van der Waals surface area (Å²) in [4.78, 5) is 2.22. The van der Waals surface area contributed by atoms with Gasteiger partial charge in [-0.05, 0) is 47.6 Å². The fourth-order valence-corrected chi connectivity index (χ4v) is 1.92. The standard InChI is InChI=1S/C12H17BrN2/c1-9(2)7-15(3)8-10-4-5-12(14)11(13)6-10/h4-6H,1,7-8,14H2,2-3H3. The van der Waals surface area contributed by atoms with Gasteiger partial charge in [-0.15, -0.1) is 0 Å². The van der Waals surface area contributed by atoms with Gasteiger partial charge in [0.25, 0.3) is 0 Å². The lowest BCUT2D eigenvalue weighted by Crippen LogP contribution is -2.19. The molecule has 0 aliphatic carbocycles. The predicted octanol–water partition coefficient (Wildman–Crippen LogP) is 3.04. The highest BCUT2D eigenvalue weighted by molar-refractivity contribution is 9.10. The molecule has 0 atom stereocenters. The Morgan fingerprint density at radius 3 is 2.73 bits per heavy atom. The average Bonchev–Trinajstić information content (AvgIpc) is 2.10. The van der Waals surface area contributed by atoms with Gasteiger partial charge in [0.15, 0.2) is 0 Å². The highest BCUT2D eigenvalue weighted by Gasteiger charge is 2.02. The molecule has 0 saturated carbocycles. The molecule has 15 heavy (non-hydrogen) atoms. The van der Waals surface area contributed by atoms with E-state index in [2.05, 4.69) is 46.6 Å². The first kappa shape index (κ1) is 12.3. The molecule has 0 spiro atoms. The molecular weight excluding hydrogens is 252 g/mol. The molecule has 0 radical (unpaired) electrons. The van der Waals surface area contributed by atoms with Gasteiger partial charge in [0.2, 0.25) is 0 Å². The Labute approximate surface area is 99.9 Å². The molecule has 0 heterocycles. The SMILES string of the molecule is C=C(C)CN(C)Cc1ccc(N)c(Br)c1. The van der Waals surface area contributed by atoms with E-state index in [4.69, 9.17) is 5.73 Å². The molecule has 0 bridgehead atoms. The Hall–Kier alpha value is -0.800. The van der Waals surface area contributed by atoms with E-state index in [1.165, 1.54) is 11.1 Å². The Morgan fingerprint density at radius 1 is 1.53 bits per heavy atom. The highest BCUT2D eigenvalue weighted by Crippen LogP contribution is 2.21. The lowest BCUT2D eigenvalue weighted by molar-refractivity contribution is 0.355. The molecular formula is C12H17BrN2. The van der Waals surface area contributed by atoms with Crippen molar-refractivity contribution in [3.8, 4) is 0 Å². The first-order chi connectivity index (χ1) is 6.99. The molecule has 0 aliphatic rings. The Morgan fingerprint density at radius 2 is 2.20 bits per heavy atom. The maximum absolute atomic E-state index is 5.73. The van der Waals surface area contributed by atoms with Crippen molar-refractivity contribution in [1.82, 2.24) is 4.90 Å². The molecule has 0 unspecified atom stereocenters. The lowest BCUT2D eigenvalue weighted by Gasteiger charge is -2.16. The van der Waals surface area contributed by atoms with Gasteiger partial charge in [0.1, 0.15) is 0 Å². The average molecular weight is 269 g/mol. The van der Waals surface area contributed by atoms with Crippen LogP contribution in [0.25, 0.3) is 0 Å². The van der Waals surface area contributed by atoms with Crippen LogP contribution in [0.3, 0.4) is 0 Å². The summed E-state index contributed by atoms with van der Waals surface area (Å²) in [6, 6.07) is 6.04. The van der Waals surface area contributed by atoms with E-state index in [0.29, 0.717) is 0 Å². The maximum atomic E-state index is 5.73. The summed E-state index contributed by atoms with van der Waals surface area (Å²) < 4.78 is 0.962. The van der Waals surface area contributed by atoms with E-state index in [9.17, 15) is 0 Å². The van der Waals surface area contributed by atoms with Gasteiger partial charge < -0.3 is 5.73 Å². The van der Waals surface area contributed by atoms with Gasteiger partial charge in [0.05, 0.1) is 0 Å². The first-order valence-corrected chi connectivity index (χ1v) is 5.65. The molecule has 1 aromatic rings. The second-order valence-corrected chi connectivity index (χ2v) is 4.84. The number of halogens is 1. The smallest absolute Gasteiger partial charge is 0.0458 e. The van der Waals surface area contributed by atoms with Gasteiger partial charge in [0, 0.05) is 23.2 Å². The topological polar surface area (TPSA) is 29.3 Å². The van der Waals surface area contributed by atoms with Crippen molar-refractivity contribution in [3.05, 3.63) is 40.4 Å². The Balaban J connectivity index is 2.64. The predicted molar refractivity (Wildman–Crippen MR) is 69.7 cm³/mol. The zero-order valence-corrected chi connectivity index (χ0v) is 10.8. The van der Waals surface area contributed by atoms with Gasteiger partial charge >= 0.3 is 0 Å². The minimum Gasteiger partial charge on any atom is -0.398 e. The molecule has 0 aromatic heterocycles. The van der Waals surface area contributed by atoms with Gasteiger partial charge in [-0.3, -0.25) is 4.90 Å². The number of nitrogens with two attached hydrogens (primary N) is 1. The minimum atomic E-state index is 0.779. The molecule has 1 aromatic carbocycles. The molecule has 1 rings (SSSR count). The number of nitrogen functional groups attached to an aromatic ring is 1. The monoisotopic (exact) mass is 268 g/mol. The van der Waals surface area contributed by atoms with Crippen LogP contribution in [0.2, 0.25) is 0 Å². The molecule has 2 N–H and O–H groups in total. The fourth-order valence-electron chi connectivity index (χ4n) is 1.50. The quantitative estimate of drug-likeness (QED) is 0.672. The van der Waals surface area contributed by atoms with E-state index >= 15 is 0 Å². The van der Waals surface area contributed by atoms with Gasteiger partial charge in [-0.1, -0.05) is 18.2 Å². The summed E-state index contributed by atoms with van der Waals surface area (Å²) in [5, 5.41) is 0. The summed E-state index contributed by atoms with van der Waals surface area (Å²) in [5.74, 6) is 0. The Kier molecular flexibility index (Phi) is 4.36. The summed E-state index contributed by atoms with van der Waals surface area (Å²) >= 11 is 3.43. The normalized spacial score (nSPS) is 10.7. The maximum Gasteiger partial charge on any atom is 0.0458 e. The molecule has 2 nitrogen and oxygen atoms in total. The summed E-state index contributed by atoms with van der Waals surface area (Å²) in [5.41, 5.74) is 8.93. The summed E-state index contributed by atoms with van der Waals surface area (Å²) in [6.45, 7) is 7.76. The number of hydrogen-bond donors (Lipinski definition) is 1. The van der Waals surface area contributed by atoms with Crippen LogP contribution in [-0.4, -0.2) is 18.5 Å². The second kappa shape index (κ2) is 5.33. The largest absolute Gasteiger partial charge is 0.398 e. The van der Waals surface area contributed by atoms with Crippen LogP contribution in [0.5, 0.6) is 0 Å². The van der Waals surface area contributed by atoms with E-state index in [1.807, 2.05) is 13.0 Å². The van der Waals surface area contributed by atoms with E-state index in [-0.39, 0.29) is 0 Å². The van der Waals surface area contributed by atoms with Crippen LogP contribution in [0.15, 0.2) is 34.8 Å². The summed E-state index contributed by atoms with van der Waals surface area (Å²) in [7, 11) is 2.08. The zero-order chi connectivity index (χ0) is 11.4. The number of likely N-dealkylation sites (N-methyl/N-ethyl adjacent to an activating group) is 1. The van der Waals surface area contributed by atoms with Crippen LogP contribution >= 0.6 is 15.9 Å². The van der Waals surface area contributed by atoms with Crippen LogP contribution in [-0.2, 0) is 6.54 Å². The Bertz CT molecular complexity index is 361. The molecule has 3 heteroatoms.